The maximum absolute atomic E-state index is 12.7. The molecule has 0 N–H and O–H groups in total. The first-order valence-corrected chi connectivity index (χ1v) is 11.0. The fourth-order valence-corrected chi connectivity index (χ4v) is 3.79. The van der Waals surface area contributed by atoms with Crippen molar-refractivity contribution in [1.82, 2.24) is 4.90 Å². The molecule has 5 nitrogen and oxygen atoms in total. The van der Waals surface area contributed by atoms with E-state index >= 15 is 0 Å². The molecule has 0 fully saturated rings. The van der Waals surface area contributed by atoms with E-state index in [2.05, 4.69) is 16.3 Å². The van der Waals surface area contributed by atoms with Crippen molar-refractivity contribution in [3.8, 4) is 11.5 Å². The van der Waals surface area contributed by atoms with Crippen molar-refractivity contribution in [2.24, 2.45) is 9.36 Å². The molecule has 0 aliphatic rings. The van der Waals surface area contributed by atoms with Crippen molar-refractivity contribution in [3.63, 3.8) is 0 Å². The summed E-state index contributed by atoms with van der Waals surface area (Å²) in [5.41, 5.74) is 2.95. The molecule has 0 saturated heterocycles. The van der Waals surface area contributed by atoms with Crippen LogP contribution in [0.3, 0.4) is 0 Å². The van der Waals surface area contributed by atoms with Crippen LogP contribution in [0.1, 0.15) is 25.0 Å². The molecule has 0 radical (unpaired) electrons. The number of nitrogens with zero attached hydrogens (tertiary/aromatic N) is 3. The Hall–Kier alpha value is -2.34. The van der Waals surface area contributed by atoms with Gasteiger partial charge in [0.05, 0.1) is 26.7 Å². The molecule has 0 heterocycles. The first-order valence-electron chi connectivity index (χ1n) is 9.08. The van der Waals surface area contributed by atoms with Gasteiger partial charge in [-0.15, -0.1) is 0 Å². The summed E-state index contributed by atoms with van der Waals surface area (Å²) in [5.74, 6) is 1.42. The third-order valence-electron chi connectivity index (χ3n) is 4.23. The molecule has 0 amide bonds. The smallest absolute Gasteiger partial charge is 0.130 e. The molecule has 2 rings (SSSR count). The second kappa shape index (κ2) is 9.04. The lowest BCUT2D eigenvalue weighted by molar-refractivity contribution is 0.477. The van der Waals surface area contributed by atoms with E-state index in [4.69, 9.17) is 4.74 Å². The standard InChI is InChI=1S/C21H29N3O2S/c1-7-23-27(6,25)19-11-9-10-18(14-19)26-21-13-16(3)20(12-17(21)4)22-15-24(5)8-2/h9-15H,7-8H2,1-6H3. The predicted molar refractivity (Wildman–Crippen MR) is 114 cm³/mol. The van der Waals surface area contributed by atoms with Crippen LogP contribution in [0.25, 0.3) is 0 Å². The minimum atomic E-state index is -2.40. The van der Waals surface area contributed by atoms with Crippen LogP contribution in [0, 0.1) is 13.8 Å². The number of rotatable bonds is 7. The minimum absolute atomic E-state index is 0.522. The van der Waals surface area contributed by atoms with Gasteiger partial charge >= 0.3 is 0 Å². The van der Waals surface area contributed by atoms with Crippen molar-refractivity contribution in [2.75, 3.05) is 26.4 Å². The third kappa shape index (κ3) is 5.57. The lowest BCUT2D eigenvalue weighted by atomic mass is 10.1. The Morgan fingerprint density at radius 1 is 1.15 bits per heavy atom. The van der Waals surface area contributed by atoms with Crippen molar-refractivity contribution in [1.29, 1.82) is 0 Å². The summed E-state index contributed by atoms with van der Waals surface area (Å²) in [6.07, 6.45) is 3.49. The zero-order valence-electron chi connectivity index (χ0n) is 17.0. The summed E-state index contributed by atoms with van der Waals surface area (Å²) in [5, 5.41) is 0. The lowest BCUT2D eigenvalue weighted by Crippen LogP contribution is -2.14. The molecule has 2 aromatic rings. The van der Waals surface area contributed by atoms with E-state index in [0.29, 0.717) is 17.2 Å². The first kappa shape index (κ1) is 21.0. The van der Waals surface area contributed by atoms with Crippen LogP contribution in [0.2, 0.25) is 0 Å². The van der Waals surface area contributed by atoms with Crippen LogP contribution in [-0.4, -0.2) is 41.8 Å². The van der Waals surface area contributed by atoms with Crippen molar-refractivity contribution in [3.05, 3.63) is 47.5 Å². The Labute approximate surface area is 163 Å². The van der Waals surface area contributed by atoms with Crippen LogP contribution in [0.15, 0.2) is 50.6 Å². The summed E-state index contributed by atoms with van der Waals surface area (Å²) in [7, 11) is -0.404. The van der Waals surface area contributed by atoms with Gasteiger partial charge < -0.3 is 9.64 Å². The van der Waals surface area contributed by atoms with Gasteiger partial charge in [-0.1, -0.05) is 6.07 Å². The summed E-state index contributed by atoms with van der Waals surface area (Å²) >= 11 is 0. The molecule has 0 aromatic heterocycles. The normalized spacial score (nSPS) is 13.4. The SMILES string of the molecule is CCN=S(C)(=O)c1cccc(Oc2cc(C)c(N=CN(C)CC)cc2C)c1. The van der Waals surface area contributed by atoms with Crippen molar-refractivity contribution < 1.29 is 8.95 Å². The van der Waals surface area contributed by atoms with E-state index in [-0.39, 0.29) is 0 Å². The number of aliphatic imine (C=N–C) groups is 1. The molecule has 6 heteroatoms. The average molecular weight is 388 g/mol. The van der Waals surface area contributed by atoms with Gasteiger partial charge in [0.25, 0.3) is 0 Å². The van der Waals surface area contributed by atoms with Crippen LogP contribution >= 0.6 is 0 Å². The van der Waals surface area contributed by atoms with E-state index in [1.807, 2.05) is 69.4 Å². The van der Waals surface area contributed by atoms with Gasteiger partial charge in [0.1, 0.15) is 11.5 Å². The van der Waals surface area contributed by atoms with Crippen LogP contribution < -0.4 is 4.74 Å². The van der Waals surface area contributed by atoms with Crippen LogP contribution in [0.4, 0.5) is 5.69 Å². The highest BCUT2D eigenvalue weighted by atomic mass is 32.2. The van der Waals surface area contributed by atoms with E-state index in [9.17, 15) is 4.21 Å². The maximum atomic E-state index is 12.7. The second-order valence-electron chi connectivity index (χ2n) is 6.55. The van der Waals surface area contributed by atoms with Gasteiger partial charge in [-0.05, 0) is 69.2 Å². The molecule has 0 saturated carbocycles. The second-order valence-corrected chi connectivity index (χ2v) is 8.88. The Bertz CT molecular complexity index is 944. The zero-order chi connectivity index (χ0) is 20.0. The molecule has 0 bridgehead atoms. The molecule has 0 spiro atoms. The highest BCUT2D eigenvalue weighted by Crippen LogP contribution is 2.32. The zero-order valence-corrected chi connectivity index (χ0v) is 17.8. The number of ether oxygens (including phenoxy) is 1. The van der Waals surface area contributed by atoms with Crippen molar-refractivity contribution in [2.45, 2.75) is 32.6 Å². The molecule has 1 atom stereocenters. The Morgan fingerprint density at radius 3 is 2.56 bits per heavy atom. The van der Waals surface area contributed by atoms with Gasteiger partial charge in [0.2, 0.25) is 0 Å². The molecule has 2 aromatic carbocycles. The monoisotopic (exact) mass is 387 g/mol. The molecular weight excluding hydrogens is 358 g/mol. The maximum Gasteiger partial charge on any atom is 0.130 e. The number of aryl methyl sites for hydroxylation is 2. The summed E-state index contributed by atoms with van der Waals surface area (Å²) in [6.45, 7) is 9.41. The van der Waals surface area contributed by atoms with Gasteiger partial charge in [-0.25, -0.2) is 13.6 Å². The number of benzene rings is 2. The minimum Gasteiger partial charge on any atom is -0.457 e. The van der Waals surface area contributed by atoms with Crippen LogP contribution in [0.5, 0.6) is 11.5 Å². The van der Waals surface area contributed by atoms with Gasteiger partial charge in [-0.2, -0.15) is 0 Å². The largest absolute Gasteiger partial charge is 0.457 e. The third-order valence-corrected chi connectivity index (χ3v) is 6.11. The molecular formula is C21H29N3O2S. The molecule has 0 aliphatic heterocycles. The summed E-state index contributed by atoms with van der Waals surface area (Å²) < 4.78 is 23.0. The predicted octanol–water partition coefficient (Wildman–Crippen LogP) is 5.18. The molecule has 0 aliphatic carbocycles. The highest BCUT2D eigenvalue weighted by molar-refractivity contribution is 7.93. The van der Waals surface area contributed by atoms with E-state index in [1.54, 1.807) is 12.3 Å². The fraction of sp³-hybridized carbons (Fsp3) is 0.381. The quantitative estimate of drug-likeness (QED) is 0.486. The molecule has 1 unspecified atom stereocenters. The summed E-state index contributed by atoms with van der Waals surface area (Å²) in [4.78, 5) is 7.25. The summed E-state index contributed by atoms with van der Waals surface area (Å²) in [6, 6.07) is 11.3. The Balaban J connectivity index is 2.31. The van der Waals surface area contributed by atoms with E-state index in [0.717, 1.165) is 29.1 Å². The number of hydrogen-bond acceptors (Lipinski definition) is 4. The Kier molecular flexibility index (Phi) is 7.02. The highest BCUT2D eigenvalue weighted by Gasteiger charge is 2.10. The lowest BCUT2D eigenvalue weighted by Gasteiger charge is -2.13. The van der Waals surface area contributed by atoms with E-state index < -0.39 is 9.73 Å². The van der Waals surface area contributed by atoms with Gasteiger partial charge in [-0.3, -0.25) is 0 Å². The Morgan fingerprint density at radius 2 is 1.89 bits per heavy atom. The topological polar surface area (TPSA) is 54.3 Å². The average Bonchev–Trinajstić information content (AvgIpc) is 2.63. The van der Waals surface area contributed by atoms with Gasteiger partial charge in [0, 0.05) is 26.4 Å². The van der Waals surface area contributed by atoms with Crippen LogP contribution in [-0.2, 0) is 9.73 Å². The van der Waals surface area contributed by atoms with Gasteiger partial charge in [0.15, 0.2) is 0 Å². The first-order chi connectivity index (χ1) is 12.8. The number of hydrogen-bond donors (Lipinski definition) is 0. The van der Waals surface area contributed by atoms with Crippen molar-refractivity contribution >= 4 is 21.8 Å². The molecule has 27 heavy (non-hydrogen) atoms. The fourth-order valence-electron chi connectivity index (χ4n) is 2.49. The molecule has 146 valence electrons. The van der Waals surface area contributed by atoms with E-state index in [1.165, 1.54) is 0 Å².